The summed E-state index contributed by atoms with van der Waals surface area (Å²) in [7, 11) is 0. The number of nitrogens with zero attached hydrogens (tertiary/aromatic N) is 2. The van der Waals surface area contributed by atoms with Crippen molar-refractivity contribution >= 4 is 34.5 Å². The highest BCUT2D eigenvalue weighted by Gasteiger charge is 2.34. The molecule has 3 heterocycles. The lowest BCUT2D eigenvalue weighted by Crippen LogP contribution is -2.49. The van der Waals surface area contributed by atoms with Gasteiger partial charge in [-0.15, -0.1) is 22.7 Å². The first kappa shape index (κ1) is 22.5. The van der Waals surface area contributed by atoms with Crippen molar-refractivity contribution in [2.75, 3.05) is 19.7 Å². The molecular weight excluding hydrogens is 447 g/mol. The molecule has 32 heavy (non-hydrogen) atoms. The van der Waals surface area contributed by atoms with Gasteiger partial charge in [-0.05, 0) is 60.9 Å². The molecule has 5 nitrogen and oxygen atoms in total. The molecule has 3 aromatic rings. The lowest BCUT2D eigenvalue weighted by molar-refractivity contribution is -0.136. The Morgan fingerprint density at radius 3 is 2.69 bits per heavy atom. The van der Waals surface area contributed by atoms with E-state index in [4.69, 9.17) is 4.74 Å². The van der Waals surface area contributed by atoms with E-state index in [1.54, 1.807) is 45.4 Å². The zero-order valence-electron chi connectivity index (χ0n) is 18.0. The van der Waals surface area contributed by atoms with E-state index in [1.807, 2.05) is 36.7 Å². The molecule has 1 aliphatic heterocycles. The second-order valence-electron chi connectivity index (χ2n) is 7.90. The summed E-state index contributed by atoms with van der Waals surface area (Å²) < 4.78 is 19.9. The maximum atomic E-state index is 14.1. The van der Waals surface area contributed by atoms with Crippen LogP contribution in [0.15, 0.2) is 53.2 Å². The summed E-state index contributed by atoms with van der Waals surface area (Å²) >= 11 is 3.03. The van der Waals surface area contributed by atoms with Crippen molar-refractivity contribution in [3.05, 3.63) is 74.4 Å². The number of benzene rings is 1. The van der Waals surface area contributed by atoms with Gasteiger partial charge < -0.3 is 14.5 Å². The van der Waals surface area contributed by atoms with Crippen LogP contribution in [-0.2, 0) is 11.2 Å². The third-order valence-corrected chi connectivity index (χ3v) is 7.42. The SMILES string of the molecule is CC(C)N(CC(=O)N1CCc2sccc2[C@H]1COc1ccccc1F)C(=O)c1cccs1. The molecule has 168 valence electrons. The van der Waals surface area contributed by atoms with Crippen molar-refractivity contribution in [1.29, 1.82) is 0 Å². The molecule has 0 saturated carbocycles. The van der Waals surface area contributed by atoms with Crippen molar-refractivity contribution in [3.8, 4) is 5.75 Å². The van der Waals surface area contributed by atoms with Gasteiger partial charge in [0.15, 0.2) is 11.6 Å². The Morgan fingerprint density at radius 2 is 1.97 bits per heavy atom. The van der Waals surface area contributed by atoms with E-state index in [-0.39, 0.29) is 42.8 Å². The van der Waals surface area contributed by atoms with Crippen LogP contribution in [0.4, 0.5) is 4.39 Å². The van der Waals surface area contributed by atoms with Crippen LogP contribution in [0.1, 0.15) is 40.0 Å². The molecule has 8 heteroatoms. The van der Waals surface area contributed by atoms with Gasteiger partial charge in [0.25, 0.3) is 5.91 Å². The molecule has 0 aliphatic carbocycles. The molecule has 0 N–H and O–H groups in total. The van der Waals surface area contributed by atoms with Gasteiger partial charge in [0.05, 0.1) is 10.9 Å². The molecule has 2 aromatic heterocycles. The third-order valence-electron chi connectivity index (χ3n) is 5.57. The third kappa shape index (κ3) is 4.71. The average molecular weight is 473 g/mol. The zero-order valence-corrected chi connectivity index (χ0v) is 19.6. The van der Waals surface area contributed by atoms with Crippen molar-refractivity contribution in [2.24, 2.45) is 0 Å². The van der Waals surface area contributed by atoms with Crippen LogP contribution in [0, 0.1) is 5.82 Å². The van der Waals surface area contributed by atoms with Crippen LogP contribution in [-0.4, -0.2) is 47.4 Å². The van der Waals surface area contributed by atoms with Crippen LogP contribution in [0.3, 0.4) is 0 Å². The highest BCUT2D eigenvalue weighted by atomic mass is 32.1. The van der Waals surface area contributed by atoms with Crippen LogP contribution in [0.5, 0.6) is 5.75 Å². The first-order chi connectivity index (χ1) is 15.5. The Kier molecular flexibility index (Phi) is 6.91. The van der Waals surface area contributed by atoms with Crippen molar-refractivity contribution in [1.82, 2.24) is 9.80 Å². The smallest absolute Gasteiger partial charge is 0.264 e. The van der Waals surface area contributed by atoms with Crippen molar-refractivity contribution in [3.63, 3.8) is 0 Å². The van der Waals surface area contributed by atoms with Crippen LogP contribution >= 0.6 is 22.7 Å². The Bertz CT molecular complexity index is 1080. The number of amides is 2. The number of para-hydroxylation sites is 1. The number of carbonyl (C=O) groups excluding carboxylic acids is 2. The largest absolute Gasteiger partial charge is 0.488 e. The minimum atomic E-state index is -0.431. The van der Waals surface area contributed by atoms with Gasteiger partial charge in [-0.1, -0.05) is 18.2 Å². The van der Waals surface area contributed by atoms with E-state index < -0.39 is 5.82 Å². The summed E-state index contributed by atoms with van der Waals surface area (Å²) in [6, 6.07) is 11.4. The van der Waals surface area contributed by atoms with Gasteiger partial charge in [0.1, 0.15) is 13.2 Å². The van der Waals surface area contributed by atoms with Gasteiger partial charge in [-0.2, -0.15) is 0 Å². The van der Waals surface area contributed by atoms with Crippen molar-refractivity contribution < 1.29 is 18.7 Å². The quantitative estimate of drug-likeness (QED) is 0.486. The van der Waals surface area contributed by atoms with Crippen molar-refractivity contribution in [2.45, 2.75) is 32.4 Å². The summed E-state index contributed by atoms with van der Waals surface area (Å²) in [4.78, 5) is 31.6. The van der Waals surface area contributed by atoms with Crippen LogP contribution in [0.2, 0.25) is 0 Å². The minimum Gasteiger partial charge on any atom is -0.488 e. The maximum Gasteiger partial charge on any atom is 0.264 e. The Balaban J connectivity index is 1.53. The minimum absolute atomic E-state index is 0.00985. The average Bonchev–Trinajstić information content (AvgIpc) is 3.48. The van der Waals surface area contributed by atoms with Gasteiger partial charge in [-0.25, -0.2) is 4.39 Å². The molecule has 1 aliphatic rings. The maximum absolute atomic E-state index is 14.1. The molecule has 1 aromatic carbocycles. The standard InChI is InChI=1S/C24H25FN2O3S2/c1-16(2)27(24(29)22-8-5-12-31-22)14-23(28)26-11-9-21-17(10-13-32-21)19(26)15-30-20-7-4-3-6-18(20)25/h3-8,10,12-13,16,19H,9,11,14-15H2,1-2H3/t19-/m1/s1. The fraction of sp³-hybridized carbons (Fsp3) is 0.333. The lowest BCUT2D eigenvalue weighted by Gasteiger charge is -2.37. The number of hydrogen-bond acceptors (Lipinski definition) is 5. The number of fused-ring (bicyclic) bond motifs is 1. The summed E-state index contributed by atoms with van der Waals surface area (Å²) in [5, 5.41) is 3.86. The molecule has 1 atom stereocenters. The Labute approximate surface area is 195 Å². The number of hydrogen-bond donors (Lipinski definition) is 0. The lowest BCUT2D eigenvalue weighted by atomic mass is 10.00. The highest BCUT2D eigenvalue weighted by Crippen LogP contribution is 2.34. The first-order valence-corrected chi connectivity index (χ1v) is 12.3. The van der Waals surface area contributed by atoms with E-state index in [1.165, 1.54) is 22.3 Å². The van der Waals surface area contributed by atoms with Gasteiger partial charge in [0, 0.05) is 17.5 Å². The van der Waals surface area contributed by atoms with Crippen LogP contribution < -0.4 is 4.74 Å². The van der Waals surface area contributed by atoms with Gasteiger partial charge in [-0.3, -0.25) is 9.59 Å². The molecule has 0 fully saturated rings. The summed E-state index contributed by atoms with van der Waals surface area (Å²) in [6.45, 7) is 4.49. The second-order valence-corrected chi connectivity index (χ2v) is 9.85. The fourth-order valence-electron chi connectivity index (χ4n) is 3.87. The molecular formula is C24H25FN2O3S2. The van der Waals surface area contributed by atoms with E-state index >= 15 is 0 Å². The first-order valence-electron chi connectivity index (χ1n) is 10.5. The Hall–Kier alpha value is -2.71. The van der Waals surface area contributed by atoms with Gasteiger partial charge >= 0.3 is 0 Å². The predicted molar refractivity (Wildman–Crippen MR) is 125 cm³/mol. The number of ether oxygens (including phenoxy) is 1. The second kappa shape index (κ2) is 9.83. The Morgan fingerprint density at radius 1 is 1.16 bits per heavy atom. The number of thiophene rings is 2. The summed E-state index contributed by atoms with van der Waals surface area (Å²) in [5.41, 5.74) is 1.03. The van der Waals surface area contributed by atoms with E-state index in [0.717, 1.165) is 12.0 Å². The van der Waals surface area contributed by atoms with E-state index in [2.05, 4.69) is 0 Å². The zero-order chi connectivity index (χ0) is 22.7. The summed E-state index contributed by atoms with van der Waals surface area (Å²) in [5.74, 6) is -0.545. The highest BCUT2D eigenvalue weighted by molar-refractivity contribution is 7.12. The predicted octanol–water partition coefficient (Wildman–Crippen LogP) is 5.00. The summed E-state index contributed by atoms with van der Waals surface area (Å²) in [6.07, 6.45) is 0.759. The fourth-order valence-corrected chi connectivity index (χ4v) is 5.48. The molecule has 0 radical (unpaired) electrons. The number of rotatable bonds is 7. The van der Waals surface area contributed by atoms with E-state index in [9.17, 15) is 14.0 Å². The van der Waals surface area contributed by atoms with Gasteiger partial charge in [0.2, 0.25) is 5.91 Å². The number of halogens is 1. The van der Waals surface area contributed by atoms with E-state index in [0.29, 0.717) is 11.4 Å². The molecule has 0 unspecified atom stereocenters. The normalized spacial score (nSPS) is 15.5. The molecule has 0 bridgehead atoms. The topological polar surface area (TPSA) is 49.9 Å². The van der Waals surface area contributed by atoms with Crippen LogP contribution in [0.25, 0.3) is 0 Å². The molecule has 4 rings (SSSR count). The number of carbonyl (C=O) groups is 2. The molecule has 0 spiro atoms. The molecule has 2 amide bonds. The molecule has 0 saturated heterocycles. The monoisotopic (exact) mass is 472 g/mol.